The number of hydrogen-bond acceptors (Lipinski definition) is 3. The van der Waals surface area contributed by atoms with Gasteiger partial charge in [0.25, 0.3) is 0 Å². The van der Waals surface area contributed by atoms with Crippen molar-refractivity contribution in [2.75, 3.05) is 6.61 Å². The van der Waals surface area contributed by atoms with Crippen LogP contribution in [0, 0.1) is 11.8 Å². The molecule has 0 spiro atoms. The van der Waals surface area contributed by atoms with Crippen LogP contribution >= 0.6 is 0 Å². The third-order valence-corrected chi connectivity index (χ3v) is 5.54. The Morgan fingerprint density at radius 1 is 1.00 bits per heavy atom. The van der Waals surface area contributed by atoms with E-state index in [0.29, 0.717) is 29.2 Å². The number of para-hydroxylation sites is 2. The molecule has 4 heteroatoms. The van der Waals surface area contributed by atoms with Crippen LogP contribution in [0.1, 0.15) is 19.8 Å². The first kappa shape index (κ1) is 17.5. The highest BCUT2D eigenvalue weighted by Gasteiger charge is 2.20. The number of carbonyl (C=O) groups is 1. The number of ether oxygens (including phenoxy) is 1. The average Bonchev–Trinajstić information content (AvgIpc) is 2.70. The maximum Gasteiger partial charge on any atom is 0.325 e. The highest BCUT2D eigenvalue weighted by atomic mass is 16.5. The second-order valence-electron chi connectivity index (χ2n) is 7.31. The van der Waals surface area contributed by atoms with Crippen LogP contribution < -0.4 is 5.43 Å². The summed E-state index contributed by atoms with van der Waals surface area (Å²) in [7, 11) is 0. The van der Waals surface area contributed by atoms with Gasteiger partial charge in [-0.05, 0) is 48.9 Å². The van der Waals surface area contributed by atoms with Crippen LogP contribution in [-0.4, -0.2) is 17.1 Å². The first-order chi connectivity index (χ1) is 13.1. The Morgan fingerprint density at radius 3 is 2.22 bits per heavy atom. The quantitative estimate of drug-likeness (QED) is 0.395. The molecule has 2 atom stereocenters. The third kappa shape index (κ3) is 3.39. The molecule has 0 fully saturated rings. The Balaban J connectivity index is 1.64. The van der Waals surface area contributed by atoms with E-state index in [9.17, 15) is 9.59 Å². The minimum absolute atomic E-state index is 0.00589. The molecule has 1 heterocycles. The van der Waals surface area contributed by atoms with Gasteiger partial charge in [0, 0.05) is 10.8 Å². The Labute approximate surface area is 158 Å². The van der Waals surface area contributed by atoms with Crippen molar-refractivity contribution in [1.82, 2.24) is 4.57 Å². The summed E-state index contributed by atoms with van der Waals surface area (Å²) < 4.78 is 7.50. The maximum absolute atomic E-state index is 12.8. The summed E-state index contributed by atoms with van der Waals surface area (Å²) in [6.07, 6.45) is 6.36. The summed E-state index contributed by atoms with van der Waals surface area (Å²) in [5.41, 5.74) is 1.51. The molecule has 27 heavy (non-hydrogen) atoms. The number of hydrogen-bond donors (Lipinski definition) is 0. The number of nitrogens with zero attached hydrogens (tertiary/aromatic N) is 1. The molecule has 0 bridgehead atoms. The van der Waals surface area contributed by atoms with Gasteiger partial charge in [-0.2, -0.15) is 0 Å². The SMILES string of the molecule is CC1CC=CCC1COC(=O)Cn1c2ccccc2c(=O)c2ccccc21. The van der Waals surface area contributed by atoms with E-state index in [4.69, 9.17) is 4.74 Å². The fraction of sp³-hybridized carbons (Fsp3) is 0.304. The van der Waals surface area contributed by atoms with E-state index in [1.165, 1.54) is 0 Å². The van der Waals surface area contributed by atoms with Crippen molar-refractivity contribution < 1.29 is 9.53 Å². The van der Waals surface area contributed by atoms with Crippen molar-refractivity contribution >= 4 is 27.8 Å². The number of allylic oxidation sites excluding steroid dienone is 2. The predicted octanol–water partition coefficient (Wildman–Crippen LogP) is 4.30. The third-order valence-electron chi connectivity index (χ3n) is 5.54. The molecule has 0 radical (unpaired) electrons. The zero-order valence-electron chi connectivity index (χ0n) is 15.4. The average molecular weight is 361 g/mol. The summed E-state index contributed by atoms with van der Waals surface area (Å²) in [5.74, 6) is 0.633. The molecular formula is C23H23NO3. The van der Waals surface area contributed by atoms with E-state index < -0.39 is 0 Å². The van der Waals surface area contributed by atoms with Crippen molar-refractivity contribution in [3.05, 3.63) is 70.9 Å². The van der Waals surface area contributed by atoms with Crippen LogP contribution in [0.15, 0.2) is 65.5 Å². The molecule has 0 saturated carbocycles. The summed E-state index contributed by atoms with van der Waals surface area (Å²) in [6.45, 7) is 2.74. The first-order valence-corrected chi connectivity index (χ1v) is 9.46. The number of rotatable bonds is 4. The molecule has 0 saturated heterocycles. The molecule has 0 N–H and O–H groups in total. The molecule has 1 aliphatic carbocycles. The highest BCUT2D eigenvalue weighted by Crippen LogP contribution is 2.25. The van der Waals surface area contributed by atoms with Crippen LogP contribution in [0.2, 0.25) is 0 Å². The van der Waals surface area contributed by atoms with E-state index in [1.54, 1.807) is 0 Å². The van der Waals surface area contributed by atoms with Crippen molar-refractivity contribution in [3.63, 3.8) is 0 Å². The molecule has 3 aromatic rings. The normalized spacial score (nSPS) is 19.4. The predicted molar refractivity (Wildman–Crippen MR) is 108 cm³/mol. The number of esters is 1. The van der Waals surface area contributed by atoms with Gasteiger partial charge in [-0.1, -0.05) is 43.3 Å². The van der Waals surface area contributed by atoms with Gasteiger partial charge < -0.3 is 9.30 Å². The second kappa shape index (κ2) is 7.39. The molecule has 4 rings (SSSR count). The van der Waals surface area contributed by atoms with Crippen LogP contribution in [0.25, 0.3) is 21.8 Å². The molecule has 0 aliphatic heterocycles. The molecule has 138 valence electrons. The summed E-state index contributed by atoms with van der Waals surface area (Å²) in [5, 5.41) is 1.24. The summed E-state index contributed by atoms with van der Waals surface area (Å²) in [4.78, 5) is 25.4. The Bertz CT molecular complexity index is 1020. The van der Waals surface area contributed by atoms with Crippen molar-refractivity contribution in [3.8, 4) is 0 Å². The van der Waals surface area contributed by atoms with Crippen molar-refractivity contribution in [1.29, 1.82) is 0 Å². The van der Waals surface area contributed by atoms with Crippen molar-refractivity contribution in [2.45, 2.75) is 26.3 Å². The number of fused-ring (bicyclic) bond motifs is 2. The Hall–Kier alpha value is -2.88. The van der Waals surface area contributed by atoms with Gasteiger partial charge in [0.15, 0.2) is 5.43 Å². The minimum atomic E-state index is -0.268. The monoisotopic (exact) mass is 361 g/mol. The van der Waals surface area contributed by atoms with Gasteiger partial charge in [0.05, 0.1) is 17.6 Å². The molecule has 2 aromatic carbocycles. The van der Waals surface area contributed by atoms with Crippen LogP contribution in [0.4, 0.5) is 0 Å². The van der Waals surface area contributed by atoms with E-state index in [1.807, 2.05) is 53.1 Å². The molecule has 1 aromatic heterocycles. The van der Waals surface area contributed by atoms with Gasteiger partial charge in [-0.3, -0.25) is 9.59 Å². The zero-order valence-corrected chi connectivity index (χ0v) is 15.4. The van der Waals surface area contributed by atoms with Crippen LogP contribution in [0.3, 0.4) is 0 Å². The van der Waals surface area contributed by atoms with Gasteiger partial charge in [0.2, 0.25) is 0 Å². The number of pyridine rings is 1. The molecule has 0 amide bonds. The molecule has 4 nitrogen and oxygen atoms in total. The van der Waals surface area contributed by atoms with E-state index in [-0.39, 0.29) is 17.9 Å². The summed E-state index contributed by atoms with van der Waals surface area (Å²) in [6, 6.07) is 14.8. The van der Waals surface area contributed by atoms with E-state index >= 15 is 0 Å². The first-order valence-electron chi connectivity index (χ1n) is 9.46. The second-order valence-corrected chi connectivity index (χ2v) is 7.31. The lowest BCUT2D eigenvalue weighted by atomic mass is 9.85. The van der Waals surface area contributed by atoms with Gasteiger partial charge in [0.1, 0.15) is 6.54 Å². The number of aromatic nitrogens is 1. The van der Waals surface area contributed by atoms with Crippen LogP contribution in [0.5, 0.6) is 0 Å². The van der Waals surface area contributed by atoms with E-state index in [0.717, 1.165) is 23.9 Å². The maximum atomic E-state index is 12.8. The lowest BCUT2D eigenvalue weighted by molar-refractivity contribution is -0.146. The van der Waals surface area contributed by atoms with Gasteiger partial charge in [-0.25, -0.2) is 0 Å². The lowest BCUT2D eigenvalue weighted by Crippen LogP contribution is -2.24. The van der Waals surface area contributed by atoms with E-state index in [2.05, 4.69) is 19.1 Å². The highest BCUT2D eigenvalue weighted by molar-refractivity contribution is 5.94. The lowest BCUT2D eigenvalue weighted by Gasteiger charge is -2.24. The number of benzene rings is 2. The van der Waals surface area contributed by atoms with Crippen molar-refractivity contribution in [2.24, 2.45) is 11.8 Å². The van der Waals surface area contributed by atoms with Gasteiger partial charge >= 0.3 is 5.97 Å². The molecule has 2 unspecified atom stereocenters. The zero-order chi connectivity index (χ0) is 18.8. The number of carbonyl (C=O) groups excluding carboxylic acids is 1. The summed E-state index contributed by atoms with van der Waals surface area (Å²) >= 11 is 0. The molecular weight excluding hydrogens is 338 g/mol. The largest absolute Gasteiger partial charge is 0.464 e. The Kier molecular flexibility index (Phi) is 4.80. The topological polar surface area (TPSA) is 48.3 Å². The minimum Gasteiger partial charge on any atom is -0.464 e. The standard InChI is InChI=1S/C23H23NO3/c1-16-8-2-3-9-17(16)15-27-22(25)14-24-20-12-6-4-10-18(20)23(26)19-11-5-7-13-21(19)24/h2-7,10-13,16-17H,8-9,14-15H2,1H3. The molecule has 1 aliphatic rings. The van der Waals surface area contributed by atoms with Gasteiger partial charge in [-0.15, -0.1) is 0 Å². The fourth-order valence-electron chi connectivity index (χ4n) is 3.86. The fourth-order valence-corrected chi connectivity index (χ4v) is 3.86. The van der Waals surface area contributed by atoms with Crippen LogP contribution in [-0.2, 0) is 16.1 Å². The smallest absolute Gasteiger partial charge is 0.325 e. The Morgan fingerprint density at radius 2 is 1.59 bits per heavy atom.